The Hall–Kier alpha value is -0.770. The molecule has 0 bridgehead atoms. The van der Waals surface area contributed by atoms with E-state index >= 15 is 0 Å². The van der Waals surface area contributed by atoms with E-state index in [0.29, 0.717) is 0 Å². The second kappa shape index (κ2) is 5.53. The lowest BCUT2D eigenvalue weighted by Gasteiger charge is -2.26. The molecule has 0 aromatic heterocycles. The number of methoxy groups -OCH3 is 1. The van der Waals surface area contributed by atoms with Crippen LogP contribution in [0.1, 0.15) is 32.1 Å². The van der Waals surface area contributed by atoms with Gasteiger partial charge in [-0.2, -0.15) is 0 Å². The fourth-order valence-electron chi connectivity index (χ4n) is 2.56. The molecule has 0 saturated carbocycles. The quantitative estimate of drug-likeness (QED) is 0.682. The largest absolute Gasteiger partial charge is 0.380 e. The molecule has 16 heavy (non-hydrogen) atoms. The lowest BCUT2D eigenvalue weighted by Crippen LogP contribution is -2.42. The highest BCUT2D eigenvalue weighted by atomic mass is 16.5. The van der Waals surface area contributed by atoms with Crippen molar-refractivity contribution in [2.24, 2.45) is 0 Å². The van der Waals surface area contributed by atoms with Gasteiger partial charge in [0.1, 0.15) is 0 Å². The average molecular weight is 226 g/mol. The van der Waals surface area contributed by atoms with Crippen molar-refractivity contribution in [1.29, 1.82) is 0 Å². The molecule has 2 aliphatic heterocycles. The van der Waals surface area contributed by atoms with Crippen molar-refractivity contribution in [3.63, 3.8) is 0 Å². The molecule has 92 valence electrons. The maximum absolute atomic E-state index is 12.2. The Morgan fingerprint density at radius 3 is 2.31 bits per heavy atom. The number of urea groups is 1. The molecule has 1 unspecified atom stereocenters. The monoisotopic (exact) mass is 226 g/mol. The molecule has 4 heteroatoms. The predicted octanol–water partition coefficient (Wildman–Crippen LogP) is 1.70. The van der Waals surface area contributed by atoms with Gasteiger partial charge in [-0.05, 0) is 19.3 Å². The van der Waals surface area contributed by atoms with E-state index in [9.17, 15) is 4.79 Å². The molecule has 4 nitrogen and oxygen atoms in total. The summed E-state index contributed by atoms with van der Waals surface area (Å²) in [6, 6.07) is 0.224. The van der Waals surface area contributed by atoms with Crippen LogP contribution in [-0.4, -0.2) is 55.2 Å². The van der Waals surface area contributed by atoms with Crippen LogP contribution in [0.15, 0.2) is 0 Å². The molecule has 0 N–H and O–H groups in total. The smallest absolute Gasteiger partial charge is 0.320 e. The molecule has 2 rings (SSSR count). The first-order valence-electron chi connectivity index (χ1n) is 6.38. The molecule has 0 aliphatic carbocycles. The number of carbonyl (C=O) groups excluding carboxylic acids is 1. The second-order valence-electron chi connectivity index (χ2n) is 4.78. The Balaban J connectivity index is 1.86. The third-order valence-corrected chi connectivity index (χ3v) is 3.63. The number of carbonyl (C=O) groups is 1. The lowest BCUT2D eigenvalue weighted by molar-refractivity contribution is 0.105. The fraction of sp³-hybridized carbons (Fsp3) is 0.917. The van der Waals surface area contributed by atoms with Gasteiger partial charge in [-0.25, -0.2) is 4.79 Å². The number of hydrogen-bond donors (Lipinski definition) is 0. The van der Waals surface area contributed by atoms with Crippen molar-refractivity contribution >= 4 is 6.03 Å². The molecule has 2 aliphatic rings. The summed E-state index contributed by atoms with van der Waals surface area (Å²) < 4.78 is 5.29. The van der Waals surface area contributed by atoms with E-state index in [1.165, 1.54) is 12.8 Å². The van der Waals surface area contributed by atoms with Crippen LogP contribution in [0.25, 0.3) is 0 Å². The minimum atomic E-state index is 0.224. The maximum atomic E-state index is 12.2. The maximum Gasteiger partial charge on any atom is 0.320 e. The second-order valence-corrected chi connectivity index (χ2v) is 4.78. The fourth-order valence-corrected chi connectivity index (χ4v) is 2.56. The molecule has 2 fully saturated rings. The summed E-state index contributed by atoms with van der Waals surface area (Å²) in [5.41, 5.74) is 0. The zero-order valence-electron chi connectivity index (χ0n) is 10.2. The van der Waals surface area contributed by atoms with Gasteiger partial charge in [0.15, 0.2) is 0 Å². The first kappa shape index (κ1) is 11.7. The topological polar surface area (TPSA) is 32.8 Å². The minimum absolute atomic E-state index is 0.224. The molecule has 1 atom stereocenters. The molecule has 0 aromatic carbocycles. The van der Waals surface area contributed by atoms with Gasteiger partial charge in [0.05, 0.1) is 6.10 Å². The zero-order valence-corrected chi connectivity index (χ0v) is 10.2. The van der Waals surface area contributed by atoms with Crippen LogP contribution in [0, 0.1) is 0 Å². The average Bonchev–Trinajstić information content (AvgIpc) is 2.62. The zero-order chi connectivity index (χ0) is 11.4. The minimum Gasteiger partial charge on any atom is -0.380 e. The third kappa shape index (κ3) is 2.67. The van der Waals surface area contributed by atoms with Crippen LogP contribution >= 0.6 is 0 Å². The molecule has 0 spiro atoms. The van der Waals surface area contributed by atoms with E-state index in [0.717, 1.165) is 45.4 Å². The summed E-state index contributed by atoms with van der Waals surface area (Å²) in [5, 5.41) is 0. The Kier molecular flexibility index (Phi) is 4.04. The molecular weight excluding hydrogens is 204 g/mol. The van der Waals surface area contributed by atoms with Crippen molar-refractivity contribution in [2.45, 2.75) is 38.2 Å². The Morgan fingerprint density at radius 1 is 1.06 bits per heavy atom. The number of likely N-dealkylation sites (tertiary alicyclic amines) is 2. The number of amides is 2. The Bertz CT molecular complexity index is 237. The first-order valence-corrected chi connectivity index (χ1v) is 6.38. The Labute approximate surface area is 97.5 Å². The molecule has 2 heterocycles. The van der Waals surface area contributed by atoms with Crippen molar-refractivity contribution in [3.05, 3.63) is 0 Å². The summed E-state index contributed by atoms with van der Waals surface area (Å²) in [7, 11) is 1.73. The van der Waals surface area contributed by atoms with E-state index in [-0.39, 0.29) is 12.1 Å². The highest BCUT2D eigenvalue weighted by Crippen LogP contribution is 2.16. The van der Waals surface area contributed by atoms with Crippen LogP contribution in [0.2, 0.25) is 0 Å². The summed E-state index contributed by atoms with van der Waals surface area (Å²) in [6.07, 6.45) is 6.09. The molecule has 0 radical (unpaired) electrons. The summed E-state index contributed by atoms with van der Waals surface area (Å²) in [4.78, 5) is 16.2. The van der Waals surface area contributed by atoms with Crippen molar-refractivity contribution in [3.8, 4) is 0 Å². The summed E-state index contributed by atoms with van der Waals surface area (Å²) >= 11 is 0. The van der Waals surface area contributed by atoms with Gasteiger partial charge in [-0.1, -0.05) is 12.8 Å². The third-order valence-electron chi connectivity index (χ3n) is 3.63. The van der Waals surface area contributed by atoms with Crippen molar-refractivity contribution in [1.82, 2.24) is 9.80 Å². The van der Waals surface area contributed by atoms with E-state index in [2.05, 4.69) is 0 Å². The summed E-state index contributed by atoms with van der Waals surface area (Å²) in [5.74, 6) is 0. The first-order chi connectivity index (χ1) is 7.81. The van der Waals surface area contributed by atoms with Crippen LogP contribution in [0.3, 0.4) is 0 Å². The van der Waals surface area contributed by atoms with E-state index < -0.39 is 0 Å². The van der Waals surface area contributed by atoms with Crippen LogP contribution in [-0.2, 0) is 4.74 Å². The predicted molar refractivity (Wildman–Crippen MR) is 62.4 cm³/mol. The van der Waals surface area contributed by atoms with Gasteiger partial charge in [0, 0.05) is 33.3 Å². The highest BCUT2D eigenvalue weighted by Gasteiger charge is 2.29. The van der Waals surface area contributed by atoms with Gasteiger partial charge < -0.3 is 14.5 Å². The number of rotatable bonds is 1. The number of nitrogens with zero attached hydrogens (tertiary/aromatic N) is 2. The lowest BCUT2D eigenvalue weighted by atomic mass is 10.2. The standard InChI is InChI=1S/C12H22N2O2/c1-16-11-6-9-14(10-11)12(15)13-7-4-2-3-5-8-13/h11H,2-10H2,1H3. The van der Waals surface area contributed by atoms with Gasteiger partial charge in [-0.3, -0.25) is 0 Å². The van der Waals surface area contributed by atoms with Gasteiger partial charge in [-0.15, -0.1) is 0 Å². The van der Waals surface area contributed by atoms with Crippen molar-refractivity contribution in [2.75, 3.05) is 33.3 Å². The van der Waals surface area contributed by atoms with E-state index in [1.54, 1.807) is 7.11 Å². The van der Waals surface area contributed by atoms with Crippen LogP contribution in [0.5, 0.6) is 0 Å². The number of hydrogen-bond acceptors (Lipinski definition) is 2. The molecule has 2 saturated heterocycles. The van der Waals surface area contributed by atoms with Gasteiger partial charge in [0.25, 0.3) is 0 Å². The van der Waals surface area contributed by atoms with Gasteiger partial charge in [0.2, 0.25) is 0 Å². The highest BCUT2D eigenvalue weighted by molar-refractivity contribution is 5.74. The van der Waals surface area contributed by atoms with Crippen LogP contribution < -0.4 is 0 Å². The number of ether oxygens (including phenoxy) is 1. The molecule has 0 aromatic rings. The van der Waals surface area contributed by atoms with Crippen LogP contribution in [0.4, 0.5) is 4.79 Å². The van der Waals surface area contributed by atoms with Crippen molar-refractivity contribution < 1.29 is 9.53 Å². The van der Waals surface area contributed by atoms with E-state index in [1.807, 2.05) is 9.80 Å². The SMILES string of the molecule is COC1CCN(C(=O)N2CCCCCC2)C1. The molecular formula is C12H22N2O2. The molecule has 2 amide bonds. The van der Waals surface area contributed by atoms with E-state index in [4.69, 9.17) is 4.74 Å². The Morgan fingerprint density at radius 2 is 1.75 bits per heavy atom. The normalized spacial score (nSPS) is 26.9. The van der Waals surface area contributed by atoms with Gasteiger partial charge >= 0.3 is 6.03 Å². The summed E-state index contributed by atoms with van der Waals surface area (Å²) in [6.45, 7) is 3.50.